The van der Waals surface area contributed by atoms with Crippen molar-refractivity contribution in [3.05, 3.63) is 32.8 Å². The maximum Gasteiger partial charge on any atom is 0.274 e. The molecule has 1 aromatic carbocycles. The minimum absolute atomic E-state index is 0.0351. The van der Waals surface area contributed by atoms with Crippen molar-refractivity contribution in [2.45, 2.75) is 19.8 Å². The van der Waals surface area contributed by atoms with E-state index in [4.69, 9.17) is 4.74 Å². The van der Waals surface area contributed by atoms with E-state index in [-0.39, 0.29) is 5.69 Å². The summed E-state index contributed by atoms with van der Waals surface area (Å²) in [5.41, 5.74) is 0.0351. The Balaban J connectivity index is 2.54. The third-order valence-electron chi connectivity index (χ3n) is 2.55. The number of rotatable bonds is 7. The molecule has 18 heavy (non-hydrogen) atoms. The van der Waals surface area contributed by atoms with E-state index in [0.717, 1.165) is 18.2 Å². The van der Waals surface area contributed by atoms with Crippen LogP contribution in [0.5, 0.6) is 5.75 Å². The Hall–Kier alpha value is -0.620. The molecule has 0 aromatic heterocycles. The van der Waals surface area contributed by atoms with Crippen LogP contribution in [-0.2, 0) is 0 Å². The number of halogens is 2. The quantitative estimate of drug-likeness (QED) is 0.396. The number of non-ortho nitro benzene ring substituents is 1. The fourth-order valence-corrected chi connectivity index (χ4v) is 2.69. The summed E-state index contributed by atoms with van der Waals surface area (Å²) in [5, 5.41) is 11.7. The second-order valence-electron chi connectivity index (χ2n) is 4.12. The van der Waals surface area contributed by atoms with Gasteiger partial charge in [-0.2, -0.15) is 0 Å². The van der Waals surface area contributed by atoms with Gasteiger partial charge in [0.15, 0.2) is 0 Å². The minimum Gasteiger partial charge on any atom is -0.493 e. The third-order valence-corrected chi connectivity index (χ3v) is 3.46. The Labute approximate surface area is 123 Å². The molecule has 1 rings (SSSR count). The monoisotopic (exact) mass is 379 g/mol. The van der Waals surface area contributed by atoms with Crippen molar-refractivity contribution in [3.63, 3.8) is 0 Å². The first-order valence-corrected chi connectivity index (χ1v) is 7.58. The predicted octanol–water partition coefficient (Wildman–Crippen LogP) is 4.55. The number of alkyl halides is 1. The molecule has 0 amide bonds. The van der Waals surface area contributed by atoms with E-state index in [1.165, 1.54) is 12.1 Å². The smallest absolute Gasteiger partial charge is 0.274 e. The lowest BCUT2D eigenvalue weighted by Gasteiger charge is -2.11. The number of nitro groups is 1. The molecule has 0 aliphatic carbocycles. The van der Waals surface area contributed by atoms with Crippen molar-refractivity contribution in [1.29, 1.82) is 0 Å². The van der Waals surface area contributed by atoms with E-state index in [1.807, 2.05) is 0 Å². The summed E-state index contributed by atoms with van der Waals surface area (Å²) >= 11 is 6.64. The van der Waals surface area contributed by atoms with Gasteiger partial charge in [-0.3, -0.25) is 10.1 Å². The normalized spacial score (nSPS) is 12.2. The second kappa shape index (κ2) is 7.74. The van der Waals surface area contributed by atoms with E-state index >= 15 is 0 Å². The van der Waals surface area contributed by atoms with Crippen LogP contribution in [0, 0.1) is 16.0 Å². The van der Waals surface area contributed by atoms with Crippen LogP contribution in [-0.4, -0.2) is 16.9 Å². The number of hydrogen-bond donors (Lipinski definition) is 0. The highest BCUT2D eigenvalue weighted by Gasteiger charge is 2.10. The summed E-state index contributed by atoms with van der Waals surface area (Å²) in [6, 6.07) is 4.64. The Kier molecular flexibility index (Phi) is 6.63. The number of nitro benzene ring substituents is 1. The van der Waals surface area contributed by atoms with Gasteiger partial charge in [-0.15, -0.1) is 0 Å². The average Bonchev–Trinajstić information content (AvgIpc) is 2.28. The van der Waals surface area contributed by atoms with Gasteiger partial charge in [0.05, 0.1) is 17.6 Å². The highest BCUT2D eigenvalue weighted by Crippen LogP contribution is 2.26. The molecule has 1 unspecified atom stereocenters. The summed E-state index contributed by atoms with van der Waals surface area (Å²) < 4.78 is 6.20. The van der Waals surface area contributed by atoms with Gasteiger partial charge in [-0.1, -0.05) is 38.8 Å². The van der Waals surface area contributed by atoms with Crippen molar-refractivity contribution >= 4 is 37.5 Å². The highest BCUT2D eigenvalue weighted by molar-refractivity contribution is 9.10. The van der Waals surface area contributed by atoms with Crippen LogP contribution < -0.4 is 4.74 Å². The lowest BCUT2D eigenvalue weighted by Crippen LogP contribution is -2.05. The lowest BCUT2D eigenvalue weighted by molar-refractivity contribution is -0.385. The van der Waals surface area contributed by atoms with Crippen LogP contribution in [0.1, 0.15) is 19.8 Å². The van der Waals surface area contributed by atoms with E-state index in [9.17, 15) is 10.1 Å². The van der Waals surface area contributed by atoms with Gasteiger partial charge < -0.3 is 4.74 Å². The van der Waals surface area contributed by atoms with Crippen LogP contribution in [0.2, 0.25) is 0 Å². The van der Waals surface area contributed by atoms with Gasteiger partial charge in [0.25, 0.3) is 5.69 Å². The molecule has 1 atom stereocenters. The second-order valence-corrected chi connectivity index (χ2v) is 5.83. The van der Waals surface area contributed by atoms with Gasteiger partial charge in [0.1, 0.15) is 5.75 Å². The first-order valence-electron chi connectivity index (χ1n) is 5.66. The summed E-state index contributed by atoms with van der Waals surface area (Å²) in [4.78, 5) is 10.3. The number of nitrogens with zero attached hydrogens (tertiary/aromatic N) is 1. The Morgan fingerprint density at radius 3 is 2.72 bits per heavy atom. The van der Waals surface area contributed by atoms with Gasteiger partial charge in [-0.05, 0) is 24.8 Å². The Morgan fingerprint density at radius 2 is 2.11 bits per heavy atom. The number of hydrogen-bond acceptors (Lipinski definition) is 3. The Morgan fingerprint density at radius 1 is 1.39 bits per heavy atom. The molecule has 6 heteroatoms. The average molecular weight is 381 g/mol. The molecule has 0 spiro atoms. The van der Waals surface area contributed by atoms with Crippen LogP contribution in [0.3, 0.4) is 0 Å². The lowest BCUT2D eigenvalue weighted by atomic mass is 10.1. The Bertz CT molecular complexity index is 412. The van der Waals surface area contributed by atoms with Crippen LogP contribution in [0.15, 0.2) is 22.7 Å². The molecule has 0 N–H and O–H groups in total. The van der Waals surface area contributed by atoms with Gasteiger partial charge in [-0.25, -0.2) is 0 Å². The molecule has 0 saturated carbocycles. The minimum atomic E-state index is -0.426. The molecular formula is C12H15Br2NO3. The zero-order chi connectivity index (χ0) is 13.5. The molecule has 0 fully saturated rings. The van der Waals surface area contributed by atoms with Crippen LogP contribution in [0.25, 0.3) is 0 Å². The van der Waals surface area contributed by atoms with Crippen molar-refractivity contribution in [3.8, 4) is 5.75 Å². The van der Waals surface area contributed by atoms with Crippen molar-refractivity contribution in [2.24, 2.45) is 5.92 Å². The molecule has 0 saturated heterocycles. The maximum absolute atomic E-state index is 10.7. The summed E-state index contributed by atoms with van der Waals surface area (Å²) in [6.07, 6.45) is 2.04. The molecule has 100 valence electrons. The zero-order valence-corrected chi connectivity index (χ0v) is 13.2. The summed E-state index contributed by atoms with van der Waals surface area (Å²) in [5.74, 6) is 1.11. The van der Waals surface area contributed by atoms with Crippen molar-refractivity contribution < 1.29 is 9.66 Å². The SMILES string of the molecule is CC(CCBr)CCOc1cc(Br)cc([N+](=O)[O-])c1. The molecule has 0 aliphatic heterocycles. The van der Waals surface area contributed by atoms with Gasteiger partial charge in [0, 0.05) is 15.9 Å². The molecule has 4 nitrogen and oxygen atoms in total. The van der Waals surface area contributed by atoms with Gasteiger partial charge >= 0.3 is 0 Å². The van der Waals surface area contributed by atoms with E-state index in [0.29, 0.717) is 22.7 Å². The predicted molar refractivity (Wildman–Crippen MR) is 78.5 cm³/mol. The standard InChI is InChI=1S/C12H15Br2NO3/c1-9(2-4-13)3-5-18-12-7-10(14)6-11(8-12)15(16)17/h6-9H,2-5H2,1H3. The topological polar surface area (TPSA) is 52.4 Å². The fraction of sp³-hybridized carbons (Fsp3) is 0.500. The number of benzene rings is 1. The highest BCUT2D eigenvalue weighted by atomic mass is 79.9. The third kappa shape index (κ3) is 5.35. The summed E-state index contributed by atoms with van der Waals surface area (Å²) in [6.45, 7) is 2.73. The van der Waals surface area contributed by atoms with E-state index in [2.05, 4.69) is 38.8 Å². The largest absolute Gasteiger partial charge is 0.493 e. The van der Waals surface area contributed by atoms with Gasteiger partial charge in [0.2, 0.25) is 0 Å². The summed E-state index contributed by atoms with van der Waals surface area (Å²) in [7, 11) is 0. The van der Waals surface area contributed by atoms with E-state index in [1.54, 1.807) is 6.07 Å². The molecular weight excluding hydrogens is 366 g/mol. The van der Waals surface area contributed by atoms with Crippen molar-refractivity contribution in [2.75, 3.05) is 11.9 Å². The van der Waals surface area contributed by atoms with Crippen molar-refractivity contribution in [1.82, 2.24) is 0 Å². The molecule has 0 heterocycles. The first-order chi connectivity index (χ1) is 8.52. The zero-order valence-electron chi connectivity index (χ0n) is 10.1. The van der Waals surface area contributed by atoms with Crippen LogP contribution >= 0.6 is 31.9 Å². The molecule has 0 aliphatic rings. The molecule has 1 aromatic rings. The maximum atomic E-state index is 10.7. The molecule has 0 radical (unpaired) electrons. The number of ether oxygens (including phenoxy) is 1. The van der Waals surface area contributed by atoms with Crippen LogP contribution in [0.4, 0.5) is 5.69 Å². The molecule has 0 bridgehead atoms. The first kappa shape index (κ1) is 15.4. The van der Waals surface area contributed by atoms with E-state index < -0.39 is 4.92 Å². The fourth-order valence-electron chi connectivity index (χ4n) is 1.45.